The molecule has 0 radical (unpaired) electrons. The number of nitrogens with two attached hydrogens (primary N) is 1. The molecule has 4 N–H and O–H groups in total. The molecule has 0 aliphatic carbocycles. The van der Waals surface area contributed by atoms with Gasteiger partial charge in [-0.15, -0.1) is 0 Å². The van der Waals surface area contributed by atoms with Gasteiger partial charge in [-0.2, -0.15) is 0 Å². The molecule has 100 valence electrons. The zero-order chi connectivity index (χ0) is 13.2. The highest BCUT2D eigenvalue weighted by Gasteiger charge is 2.02. The fourth-order valence-electron chi connectivity index (χ4n) is 1.46. The third-order valence-electron chi connectivity index (χ3n) is 2.36. The Balaban J connectivity index is 2.35. The molecule has 0 heterocycles. The van der Waals surface area contributed by atoms with E-state index in [1.807, 2.05) is 31.3 Å². The lowest BCUT2D eigenvalue weighted by Gasteiger charge is -2.07. The standard InChI is InChI=1S/C13H21N3O2/c1-15-9-2-3-13(17)16-11-4-6-12(7-5-11)18-10-8-14/h4-7,15H,2-3,8-10,14H2,1H3,(H,16,17). The number of rotatable bonds is 8. The van der Waals surface area contributed by atoms with Crippen molar-refractivity contribution in [3.05, 3.63) is 24.3 Å². The second-order valence-corrected chi connectivity index (χ2v) is 3.92. The summed E-state index contributed by atoms with van der Waals surface area (Å²) in [5, 5.41) is 5.84. The first-order valence-electron chi connectivity index (χ1n) is 6.13. The molecule has 0 fully saturated rings. The maximum atomic E-state index is 11.6. The average Bonchev–Trinajstić information content (AvgIpc) is 2.38. The molecule has 0 aromatic heterocycles. The predicted molar refractivity (Wildman–Crippen MR) is 72.8 cm³/mol. The smallest absolute Gasteiger partial charge is 0.224 e. The summed E-state index contributed by atoms with van der Waals surface area (Å²) in [6, 6.07) is 7.28. The molecule has 1 aromatic carbocycles. The fraction of sp³-hybridized carbons (Fsp3) is 0.462. The monoisotopic (exact) mass is 251 g/mol. The number of carbonyl (C=O) groups excluding carboxylic acids is 1. The van der Waals surface area contributed by atoms with Crippen LogP contribution in [0.25, 0.3) is 0 Å². The van der Waals surface area contributed by atoms with E-state index < -0.39 is 0 Å². The molecule has 0 saturated carbocycles. The highest BCUT2D eigenvalue weighted by atomic mass is 16.5. The van der Waals surface area contributed by atoms with Gasteiger partial charge in [0, 0.05) is 18.7 Å². The van der Waals surface area contributed by atoms with Crippen molar-refractivity contribution in [2.45, 2.75) is 12.8 Å². The number of hydrogen-bond acceptors (Lipinski definition) is 4. The molecule has 1 amide bonds. The molecule has 0 atom stereocenters. The highest BCUT2D eigenvalue weighted by Crippen LogP contribution is 2.15. The molecule has 0 saturated heterocycles. The molecule has 1 aromatic rings. The molecule has 0 bridgehead atoms. The Morgan fingerprint density at radius 2 is 2.06 bits per heavy atom. The van der Waals surface area contributed by atoms with Gasteiger partial charge >= 0.3 is 0 Å². The number of anilines is 1. The Bertz CT molecular complexity index is 352. The second-order valence-electron chi connectivity index (χ2n) is 3.92. The van der Waals surface area contributed by atoms with Gasteiger partial charge in [0.25, 0.3) is 0 Å². The van der Waals surface area contributed by atoms with Gasteiger partial charge in [0.2, 0.25) is 5.91 Å². The Kier molecular flexibility index (Phi) is 6.83. The molecular weight excluding hydrogens is 230 g/mol. The minimum Gasteiger partial charge on any atom is -0.492 e. The summed E-state index contributed by atoms with van der Waals surface area (Å²) in [6.45, 7) is 1.83. The maximum absolute atomic E-state index is 11.6. The van der Waals surface area contributed by atoms with Gasteiger partial charge in [0.15, 0.2) is 0 Å². The topological polar surface area (TPSA) is 76.4 Å². The number of ether oxygens (including phenoxy) is 1. The van der Waals surface area contributed by atoms with Gasteiger partial charge in [-0.1, -0.05) is 0 Å². The van der Waals surface area contributed by atoms with E-state index in [0.29, 0.717) is 19.6 Å². The number of carbonyl (C=O) groups is 1. The molecule has 5 heteroatoms. The van der Waals surface area contributed by atoms with Gasteiger partial charge in [0.05, 0.1) is 0 Å². The zero-order valence-electron chi connectivity index (χ0n) is 10.7. The number of hydrogen-bond donors (Lipinski definition) is 3. The third kappa shape index (κ3) is 5.65. The van der Waals surface area contributed by atoms with Crippen molar-refractivity contribution in [3.8, 4) is 5.75 Å². The molecule has 0 unspecified atom stereocenters. The lowest BCUT2D eigenvalue weighted by Crippen LogP contribution is -2.15. The van der Waals surface area contributed by atoms with Crippen molar-refractivity contribution in [2.24, 2.45) is 5.73 Å². The van der Waals surface area contributed by atoms with Crippen LogP contribution >= 0.6 is 0 Å². The van der Waals surface area contributed by atoms with Gasteiger partial charge in [-0.25, -0.2) is 0 Å². The van der Waals surface area contributed by atoms with Gasteiger partial charge in [0.1, 0.15) is 12.4 Å². The van der Waals surface area contributed by atoms with Crippen LogP contribution < -0.4 is 21.1 Å². The van der Waals surface area contributed by atoms with E-state index in [9.17, 15) is 4.79 Å². The Morgan fingerprint density at radius 3 is 2.67 bits per heavy atom. The van der Waals surface area contributed by atoms with Crippen LogP contribution in [-0.2, 0) is 4.79 Å². The predicted octanol–water partition coefficient (Wildman–Crippen LogP) is 0.962. The van der Waals surface area contributed by atoms with Crippen LogP contribution in [0.2, 0.25) is 0 Å². The molecule has 0 aliphatic rings. The van der Waals surface area contributed by atoms with Crippen molar-refractivity contribution < 1.29 is 9.53 Å². The molecule has 18 heavy (non-hydrogen) atoms. The second kappa shape index (κ2) is 8.49. The van der Waals surface area contributed by atoms with Crippen molar-refractivity contribution in [3.63, 3.8) is 0 Å². The van der Waals surface area contributed by atoms with Crippen LogP contribution in [0.5, 0.6) is 5.75 Å². The molecule has 5 nitrogen and oxygen atoms in total. The van der Waals surface area contributed by atoms with Crippen LogP contribution in [0, 0.1) is 0 Å². The zero-order valence-corrected chi connectivity index (χ0v) is 10.7. The van der Waals surface area contributed by atoms with Crippen molar-refractivity contribution in [1.82, 2.24) is 5.32 Å². The summed E-state index contributed by atoms with van der Waals surface area (Å²) in [5.41, 5.74) is 6.12. The summed E-state index contributed by atoms with van der Waals surface area (Å²) in [5.74, 6) is 0.787. The van der Waals surface area contributed by atoms with E-state index in [2.05, 4.69) is 10.6 Å². The first-order chi connectivity index (χ1) is 8.76. The fourth-order valence-corrected chi connectivity index (χ4v) is 1.46. The van der Waals surface area contributed by atoms with Crippen molar-refractivity contribution in [2.75, 3.05) is 32.1 Å². The lowest BCUT2D eigenvalue weighted by atomic mass is 10.2. The Morgan fingerprint density at radius 1 is 1.33 bits per heavy atom. The summed E-state index contributed by atoms with van der Waals surface area (Å²) < 4.78 is 5.35. The molecule has 1 rings (SSSR count). The first kappa shape index (κ1) is 14.5. The van der Waals surface area contributed by atoms with Gasteiger partial charge in [-0.05, 0) is 44.3 Å². The minimum atomic E-state index is 0.0286. The lowest BCUT2D eigenvalue weighted by molar-refractivity contribution is -0.116. The van der Waals surface area contributed by atoms with E-state index in [1.165, 1.54) is 0 Å². The molecule has 0 spiro atoms. The number of nitrogens with one attached hydrogen (secondary N) is 2. The van der Waals surface area contributed by atoms with Crippen LogP contribution in [0.15, 0.2) is 24.3 Å². The van der Waals surface area contributed by atoms with Crippen LogP contribution in [0.3, 0.4) is 0 Å². The number of amides is 1. The van der Waals surface area contributed by atoms with Gasteiger partial charge < -0.3 is 21.1 Å². The minimum absolute atomic E-state index is 0.0286. The van der Waals surface area contributed by atoms with Crippen LogP contribution in [0.4, 0.5) is 5.69 Å². The third-order valence-corrected chi connectivity index (χ3v) is 2.36. The van der Waals surface area contributed by atoms with Crippen LogP contribution in [-0.4, -0.2) is 32.7 Å². The SMILES string of the molecule is CNCCCC(=O)Nc1ccc(OCCN)cc1. The normalized spacial score (nSPS) is 10.1. The van der Waals surface area contributed by atoms with E-state index in [-0.39, 0.29) is 5.91 Å². The Labute approximate surface area is 108 Å². The van der Waals surface area contributed by atoms with E-state index in [0.717, 1.165) is 24.4 Å². The summed E-state index contributed by atoms with van der Waals surface area (Å²) in [4.78, 5) is 11.6. The average molecular weight is 251 g/mol. The van der Waals surface area contributed by atoms with E-state index in [4.69, 9.17) is 10.5 Å². The molecule has 0 aliphatic heterocycles. The maximum Gasteiger partial charge on any atom is 0.224 e. The largest absolute Gasteiger partial charge is 0.492 e. The Hall–Kier alpha value is -1.59. The van der Waals surface area contributed by atoms with Crippen molar-refractivity contribution >= 4 is 11.6 Å². The number of benzene rings is 1. The first-order valence-corrected chi connectivity index (χ1v) is 6.13. The van der Waals surface area contributed by atoms with Crippen LogP contribution in [0.1, 0.15) is 12.8 Å². The summed E-state index contributed by atoms with van der Waals surface area (Å²) >= 11 is 0. The van der Waals surface area contributed by atoms with Gasteiger partial charge in [-0.3, -0.25) is 4.79 Å². The van der Waals surface area contributed by atoms with E-state index >= 15 is 0 Å². The molecular formula is C13H21N3O2. The van der Waals surface area contributed by atoms with Crippen molar-refractivity contribution in [1.29, 1.82) is 0 Å². The quantitative estimate of drug-likeness (QED) is 0.602. The summed E-state index contributed by atoms with van der Waals surface area (Å²) in [7, 11) is 1.87. The van der Waals surface area contributed by atoms with E-state index in [1.54, 1.807) is 0 Å². The summed E-state index contributed by atoms with van der Waals surface area (Å²) in [6.07, 6.45) is 1.35. The highest BCUT2D eigenvalue weighted by molar-refractivity contribution is 5.90.